The molecule has 78 valence electrons. The second-order valence-corrected chi connectivity index (χ2v) is 4.43. The number of hydrogen-bond donors (Lipinski definition) is 0. The Morgan fingerprint density at radius 3 is 2.93 bits per heavy atom. The fourth-order valence-electron chi connectivity index (χ4n) is 1.33. The minimum Gasteiger partial charge on any atom is -0.293 e. The molecular weight excluding hydrogens is 210 g/mol. The monoisotopic (exact) mass is 221 g/mol. The minimum absolute atomic E-state index is 0.00402. The minimum atomic E-state index is -0.00402. The van der Waals surface area contributed by atoms with Gasteiger partial charge in [0.15, 0.2) is 0 Å². The Hall–Kier alpha value is -1.49. The molecule has 0 saturated heterocycles. The maximum Gasteiger partial charge on any atom is 0.256 e. The van der Waals surface area contributed by atoms with Crippen LogP contribution in [0.25, 0.3) is 0 Å². The maximum atomic E-state index is 11.7. The summed E-state index contributed by atoms with van der Waals surface area (Å²) in [5, 5.41) is 2.98. The van der Waals surface area contributed by atoms with E-state index in [0.29, 0.717) is 12.1 Å². The van der Waals surface area contributed by atoms with Gasteiger partial charge in [0.2, 0.25) is 0 Å². The fraction of sp³-hybridized carbons (Fsp3) is 0.300. The quantitative estimate of drug-likeness (QED) is 0.769. The van der Waals surface area contributed by atoms with Gasteiger partial charge in [-0.15, -0.1) is 11.3 Å². The van der Waals surface area contributed by atoms with E-state index in [4.69, 9.17) is 0 Å². The zero-order valence-corrected chi connectivity index (χ0v) is 9.41. The Balaban J connectivity index is 2.32. The molecule has 4 nitrogen and oxygen atoms in total. The van der Waals surface area contributed by atoms with Crippen molar-refractivity contribution >= 4 is 11.3 Å². The van der Waals surface area contributed by atoms with Crippen LogP contribution >= 0.6 is 11.3 Å². The number of hydrogen-bond acceptors (Lipinski definition) is 4. The molecule has 0 aliphatic rings. The zero-order chi connectivity index (χ0) is 10.8. The summed E-state index contributed by atoms with van der Waals surface area (Å²) in [6.45, 7) is 4.21. The number of aryl methyl sites for hydroxylation is 2. The molecular formula is C10H11N3OS. The van der Waals surface area contributed by atoms with Crippen molar-refractivity contribution in [1.29, 1.82) is 0 Å². The van der Waals surface area contributed by atoms with E-state index in [1.165, 1.54) is 0 Å². The molecule has 0 saturated carbocycles. The third-order valence-corrected chi connectivity index (χ3v) is 2.89. The van der Waals surface area contributed by atoms with Gasteiger partial charge in [-0.05, 0) is 13.8 Å². The second-order valence-electron chi connectivity index (χ2n) is 3.37. The molecule has 15 heavy (non-hydrogen) atoms. The molecule has 0 aliphatic heterocycles. The summed E-state index contributed by atoms with van der Waals surface area (Å²) < 4.78 is 1.57. The van der Waals surface area contributed by atoms with Crippen LogP contribution in [0.3, 0.4) is 0 Å². The third kappa shape index (κ3) is 2.12. The summed E-state index contributed by atoms with van der Waals surface area (Å²) >= 11 is 1.59. The summed E-state index contributed by atoms with van der Waals surface area (Å²) in [5.41, 5.74) is 1.56. The Labute approximate surface area is 91.3 Å². The van der Waals surface area contributed by atoms with E-state index >= 15 is 0 Å². The molecule has 0 fully saturated rings. The lowest BCUT2D eigenvalue weighted by molar-refractivity contribution is 0.714. The van der Waals surface area contributed by atoms with E-state index in [1.54, 1.807) is 35.4 Å². The predicted octanol–water partition coefficient (Wildman–Crippen LogP) is 1.36. The van der Waals surface area contributed by atoms with Crippen molar-refractivity contribution in [2.45, 2.75) is 20.4 Å². The van der Waals surface area contributed by atoms with Crippen molar-refractivity contribution in [3.63, 3.8) is 0 Å². The highest BCUT2D eigenvalue weighted by molar-refractivity contribution is 7.09. The molecule has 2 rings (SSSR count). The highest BCUT2D eigenvalue weighted by Crippen LogP contribution is 2.08. The zero-order valence-electron chi connectivity index (χ0n) is 8.60. The lowest BCUT2D eigenvalue weighted by Crippen LogP contribution is -2.22. The van der Waals surface area contributed by atoms with Crippen molar-refractivity contribution < 1.29 is 0 Å². The molecule has 2 aromatic heterocycles. The van der Waals surface area contributed by atoms with Gasteiger partial charge in [0, 0.05) is 17.1 Å². The number of aromatic nitrogens is 3. The number of thiazole rings is 1. The molecule has 0 aromatic carbocycles. The first-order valence-corrected chi connectivity index (χ1v) is 5.47. The van der Waals surface area contributed by atoms with Gasteiger partial charge in [-0.25, -0.2) is 9.97 Å². The van der Waals surface area contributed by atoms with Crippen LogP contribution in [0.15, 0.2) is 22.7 Å². The van der Waals surface area contributed by atoms with Crippen LogP contribution in [-0.4, -0.2) is 14.5 Å². The van der Waals surface area contributed by atoms with E-state index < -0.39 is 0 Å². The Bertz CT molecular complexity index is 529. The highest BCUT2D eigenvalue weighted by Gasteiger charge is 2.03. The van der Waals surface area contributed by atoms with Crippen LogP contribution < -0.4 is 5.56 Å². The van der Waals surface area contributed by atoms with Gasteiger partial charge in [-0.2, -0.15) is 0 Å². The second kappa shape index (κ2) is 3.94. The van der Waals surface area contributed by atoms with Crippen molar-refractivity contribution in [3.8, 4) is 0 Å². The van der Waals surface area contributed by atoms with Crippen LogP contribution in [0.1, 0.15) is 16.3 Å². The van der Waals surface area contributed by atoms with E-state index in [2.05, 4.69) is 9.97 Å². The Morgan fingerprint density at radius 2 is 2.27 bits per heavy atom. The molecule has 5 heteroatoms. The van der Waals surface area contributed by atoms with Gasteiger partial charge >= 0.3 is 0 Å². The first-order valence-electron chi connectivity index (χ1n) is 4.59. The first-order chi connectivity index (χ1) is 7.16. The summed E-state index contributed by atoms with van der Waals surface area (Å²) in [6, 6.07) is 0. The summed E-state index contributed by atoms with van der Waals surface area (Å²) in [7, 11) is 0. The SMILES string of the molecule is Cc1nc(Cn2cncc(C)c2=O)cs1. The molecule has 0 N–H and O–H groups in total. The average Bonchev–Trinajstić information content (AvgIpc) is 2.59. The smallest absolute Gasteiger partial charge is 0.256 e. The van der Waals surface area contributed by atoms with Crippen LogP contribution in [-0.2, 0) is 6.54 Å². The van der Waals surface area contributed by atoms with Crippen molar-refractivity contribution in [3.05, 3.63) is 44.5 Å². The molecule has 0 aliphatic carbocycles. The molecule has 0 unspecified atom stereocenters. The van der Waals surface area contributed by atoms with Crippen molar-refractivity contribution in [2.75, 3.05) is 0 Å². The highest BCUT2D eigenvalue weighted by atomic mass is 32.1. The Kier molecular flexibility index (Phi) is 2.64. The summed E-state index contributed by atoms with van der Waals surface area (Å²) in [4.78, 5) is 20.0. The van der Waals surface area contributed by atoms with Gasteiger partial charge in [-0.3, -0.25) is 9.36 Å². The molecule has 0 amide bonds. The lowest BCUT2D eigenvalue weighted by Gasteiger charge is -2.02. The predicted molar refractivity (Wildman–Crippen MR) is 59.2 cm³/mol. The van der Waals surface area contributed by atoms with Gasteiger partial charge in [-0.1, -0.05) is 0 Å². The van der Waals surface area contributed by atoms with Crippen LogP contribution in [0.4, 0.5) is 0 Å². The first kappa shape index (κ1) is 10.0. The van der Waals surface area contributed by atoms with Crippen LogP contribution in [0, 0.1) is 13.8 Å². The normalized spacial score (nSPS) is 10.5. The van der Waals surface area contributed by atoms with Crippen LogP contribution in [0.5, 0.6) is 0 Å². The standard InChI is InChI=1S/C10H11N3OS/c1-7-3-11-6-13(10(7)14)4-9-5-15-8(2)12-9/h3,5-6H,4H2,1-2H3. The Morgan fingerprint density at radius 1 is 1.47 bits per heavy atom. The van der Waals surface area contributed by atoms with E-state index in [0.717, 1.165) is 10.7 Å². The molecule has 0 spiro atoms. The van der Waals surface area contributed by atoms with E-state index in [9.17, 15) is 4.79 Å². The lowest BCUT2D eigenvalue weighted by atomic mass is 10.4. The van der Waals surface area contributed by atoms with E-state index in [1.807, 2.05) is 12.3 Å². The molecule has 0 atom stereocenters. The maximum absolute atomic E-state index is 11.7. The van der Waals surface area contributed by atoms with Gasteiger partial charge in [0.1, 0.15) is 0 Å². The summed E-state index contributed by atoms with van der Waals surface area (Å²) in [6.07, 6.45) is 3.12. The van der Waals surface area contributed by atoms with Gasteiger partial charge in [0.25, 0.3) is 5.56 Å². The largest absolute Gasteiger partial charge is 0.293 e. The third-order valence-electron chi connectivity index (χ3n) is 2.07. The van der Waals surface area contributed by atoms with Crippen molar-refractivity contribution in [1.82, 2.24) is 14.5 Å². The van der Waals surface area contributed by atoms with Gasteiger partial charge < -0.3 is 0 Å². The van der Waals surface area contributed by atoms with E-state index in [-0.39, 0.29) is 5.56 Å². The van der Waals surface area contributed by atoms with Crippen molar-refractivity contribution in [2.24, 2.45) is 0 Å². The summed E-state index contributed by atoms with van der Waals surface area (Å²) in [5.74, 6) is 0. The fourth-order valence-corrected chi connectivity index (χ4v) is 1.93. The van der Waals surface area contributed by atoms with Gasteiger partial charge in [0.05, 0.1) is 23.6 Å². The number of rotatable bonds is 2. The van der Waals surface area contributed by atoms with Crippen LogP contribution in [0.2, 0.25) is 0 Å². The molecule has 2 heterocycles. The topological polar surface area (TPSA) is 47.8 Å². The molecule has 0 radical (unpaired) electrons. The number of nitrogens with zero attached hydrogens (tertiary/aromatic N) is 3. The molecule has 0 bridgehead atoms. The molecule has 2 aromatic rings. The average molecular weight is 221 g/mol.